The molecule has 0 aromatic carbocycles. The summed E-state index contributed by atoms with van der Waals surface area (Å²) in [6, 6.07) is 3.42. The molecule has 2 N–H and O–H groups in total. The lowest BCUT2D eigenvalue weighted by molar-refractivity contribution is -0.134. The number of nitrogens with zero attached hydrogens (tertiary/aromatic N) is 3. The summed E-state index contributed by atoms with van der Waals surface area (Å²) in [5.41, 5.74) is 7.18. The lowest BCUT2D eigenvalue weighted by Crippen LogP contribution is -2.49. The minimum absolute atomic E-state index is 0. The minimum Gasteiger partial charge on any atom is -0.341 e. The van der Waals surface area contributed by atoms with Gasteiger partial charge in [-0.05, 0) is 75.7 Å². The lowest BCUT2D eigenvalue weighted by atomic mass is 9.79. The lowest BCUT2D eigenvalue weighted by Gasteiger charge is -2.40. The number of carbonyl (C=O) groups is 1. The smallest absolute Gasteiger partial charge is 0.239 e. The van der Waals surface area contributed by atoms with Gasteiger partial charge in [-0.1, -0.05) is 6.07 Å². The van der Waals surface area contributed by atoms with Crippen LogP contribution in [0.15, 0.2) is 24.5 Å². The molecule has 156 valence electrons. The van der Waals surface area contributed by atoms with Crippen molar-refractivity contribution in [3.8, 4) is 0 Å². The Bertz CT molecular complexity index is 533. The average Bonchev–Trinajstić information content (AvgIpc) is 2.63. The Hall–Kier alpha value is -0.590. The first-order valence-electron chi connectivity index (χ1n) is 9.25. The van der Waals surface area contributed by atoms with E-state index in [1.54, 1.807) is 12.4 Å². The van der Waals surface area contributed by atoms with Crippen molar-refractivity contribution >= 4 is 43.1 Å². The Morgan fingerprint density at radius 1 is 1.11 bits per heavy atom. The van der Waals surface area contributed by atoms with Crippen LogP contribution >= 0.6 is 37.2 Å². The van der Waals surface area contributed by atoms with Gasteiger partial charge < -0.3 is 15.5 Å². The predicted octanol–water partition coefficient (Wildman–Crippen LogP) is 2.80. The number of nitrogens with two attached hydrogens (primary N) is 1. The molecule has 1 amide bonds. The fourth-order valence-electron chi connectivity index (χ4n) is 4.19. The van der Waals surface area contributed by atoms with E-state index in [-0.39, 0.29) is 43.1 Å². The Kier molecular flexibility index (Phi) is 12.5. The molecule has 3 heterocycles. The summed E-state index contributed by atoms with van der Waals surface area (Å²) in [5.74, 6) is 1.74. The number of amides is 1. The maximum Gasteiger partial charge on any atom is 0.239 e. The van der Waals surface area contributed by atoms with Crippen LogP contribution in [-0.4, -0.2) is 60.0 Å². The molecule has 0 bridgehead atoms. The van der Waals surface area contributed by atoms with Crippen LogP contribution in [0.4, 0.5) is 0 Å². The summed E-state index contributed by atoms with van der Waals surface area (Å²) in [5, 5.41) is 0. The van der Waals surface area contributed by atoms with Crippen molar-refractivity contribution in [2.75, 3.05) is 33.2 Å². The second-order valence-corrected chi connectivity index (χ2v) is 7.48. The zero-order chi connectivity index (χ0) is 16.9. The van der Waals surface area contributed by atoms with Crippen molar-refractivity contribution in [2.24, 2.45) is 17.6 Å². The zero-order valence-corrected chi connectivity index (χ0v) is 18.4. The van der Waals surface area contributed by atoms with Crippen LogP contribution < -0.4 is 5.73 Å². The summed E-state index contributed by atoms with van der Waals surface area (Å²) in [7, 11) is 2.21. The summed E-state index contributed by atoms with van der Waals surface area (Å²) >= 11 is 0. The number of rotatable bonds is 4. The van der Waals surface area contributed by atoms with Crippen molar-refractivity contribution in [3.05, 3.63) is 30.1 Å². The zero-order valence-electron chi connectivity index (χ0n) is 16.0. The van der Waals surface area contributed by atoms with Crippen LogP contribution in [-0.2, 0) is 11.2 Å². The van der Waals surface area contributed by atoms with Gasteiger partial charge in [0.2, 0.25) is 5.91 Å². The van der Waals surface area contributed by atoms with Crippen LogP contribution in [0.5, 0.6) is 0 Å². The first kappa shape index (κ1) is 26.4. The fourth-order valence-corrected chi connectivity index (χ4v) is 4.19. The Labute approximate surface area is 181 Å². The highest BCUT2D eigenvalue weighted by atomic mass is 35.5. The monoisotopic (exact) mass is 438 g/mol. The molecule has 27 heavy (non-hydrogen) atoms. The quantitative estimate of drug-likeness (QED) is 0.783. The van der Waals surface area contributed by atoms with E-state index >= 15 is 0 Å². The number of pyridine rings is 1. The highest BCUT2D eigenvalue weighted by Gasteiger charge is 2.31. The SMILES string of the molecule is CN1CCC(C2CCN(C(=O)[C@H](N)Cc3cccnc3)CC2)CC1.Cl.Cl.Cl. The molecular formula is C19H33Cl3N4O. The van der Waals surface area contributed by atoms with Crippen LogP contribution in [0.3, 0.4) is 0 Å². The van der Waals surface area contributed by atoms with E-state index in [1.807, 2.05) is 17.0 Å². The summed E-state index contributed by atoms with van der Waals surface area (Å²) in [6.07, 6.45) is 9.01. The number of aromatic nitrogens is 1. The molecule has 5 nitrogen and oxygen atoms in total. The molecule has 2 aliphatic rings. The maximum absolute atomic E-state index is 12.6. The van der Waals surface area contributed by atoms with Gasteiger partial charge in [-0.2, -0.15) is 0 Å². The molecule has 1 aromatic heterocycles. The first-order chi connectivity index (χ1) is 11.6. The fraction of sp³-hybridized carbons (Fsp3) is 0.684. The molecule has 2 aliphatic heterocycles. The van der Waals surface area contributed by atoms with Gasteiger partial charge in [-0.15, -0.1) is 37.2 Å². The Morgan fingerprint density at radius 2 is 1.67 bits per heavy atom. The second kappa shape index (κ2) is 12.8. The molecular weight excluding hydrogens is 407 g/mol. The largest absolute Gasteiger partial charge is 0.341 e. The maximum atomic E-state index is 12.6. The van der Waals surface area contributed by atoms with Gasteiger partial charge >= 0.3 is 0 Å². The van der Waals surface area contributed by atoms with Gasteiger partial charge in [0.25, 0.3) is 0 Å². The van der Waals surface area contributed by atoms with Gasteiger partial charge in [0.05, 0.1) is 6.04 Å². The van der Waals surface area contributed by atoms with E-state index in [0.29, 0.717) is 6.42 Å². The molecule has 2 saturated heterocycles. The van der Waals surface area contributed by atoms with Gasteiger partial charge in [0.15, 0.2) is 0 Å². The van der Waals surface area contributed by atoms with E-state index in [0.717, 1.165) is 43.3 Å². The van der Waals surface area contributed by atoms with Gasteiger partial charge in [-0.25, -0.2) is 0 Å². The Balaban J connectivity index is 0.00000225. The van der Waals surface area contributed by atoms with E-state index < -0.39 is 6.04 Å². The second-order valence-electron chi connectivity index (χ2n) is 7.48. The van der Waals surface area contributed by atoms with E-state index in [2.05, 4.69) is 16.9 Å². The van der Waals surface area contributed by atoms with E-state index in [1.165, 1.54) is 25.9 Å². The third-order valence-corrected chi connectivity index (χ3v) is 5.78. The average molecular weight is 440 g/mol. The normalized spacial score (nSPS) is 20.0. The minimum atomic E-state index is -0.450. The number of hydrogen-bond acceptors (Lipinski definition) is 4. The highest BCUT2D eigenvalue weighted by molar-refractivity contribution is 5.86. The van der Waals surface area contributed by atoms with Gasteiger partial charge in [0.1, 0.15) is 0 Å². The van der Waals surface area contributed by atoms with Crippen LogP contribution in [0, 0.1) is 11.8 Å². The number of hydrogen-bond donors (Lipinski definition) is 1. The van der Waals surface area contributed by atoms with Crippen molar-refractivity contribution in [3.63, 3.8) is 0 Å². The standard InChI is InChI=1S/C19H30N4O.3ClH/c1-22-9-4-16(5-10-22)17-6-11-23(12-7-17)19(24)18(20)13-15-3-2-8-21-14-15;;;/h2-3,8,14,16-18H,4-7,9-13,20H2,1H3;3*1H/t18-;;;/m1.../s1. The molecule has 2 fully saturated rings. The van der Waals surface area contributed by atoms with Gasteiger partial charge in [0, 0.05) is 25.5 Å². The van der Waals surface area contributed by atoms with Crippen molar-refractivity contribution in [1.29, 1.82) is 0 Å². The van der Waals surface area contributed by atoms with Crippen LogP contribution in [0.2, 0.25) is 0 Å². The molecule has 0 saturated carbocycles. The van der Waals surface area contributed by atoms with Crippen molar-refractivity contribution in [1.82, 2.24) is 14.8 Å². The molecule has 1 aromatic rings. The van der Waals surface area contributed by atoms with Crippen LogP contribution in [0.1, 0.15) is 31.2 Å². The Morgan fingerprint density at radius 3 is 2.19 bits per heavy atom. The molecule has 8 heteroatoms. The number of likely N-dealkylation sites (tertiary alicyclic amines) is 2. The molecule has 0 spiro atoms. The van der Waals surface area contributed by atoms with E-state index in [9.17, 15) is 4.79 Å². The number of carbonyl (C=O) groups excluding carboxylic acids is 1. The van der Waals surface area contributed by atoms with Crippen molar-refractivity contribution < 1.29 is 4.79 Å². The number of piperidine rings is 2. The third kappa shape index (κ3) is 7.39. The molecule has 1 atom stereocenters. The topological polar surface area (TPSA) is 62.5 Å². The molecule has 0 radical (unpaired) electrons. The summed E-state index contributed by atoms with van der Waals surface area (Å²) in [4.78, 5) is 21.1. The van der Waals surface area contributed by atoms with Gasteiger partial charge in [-0.3, -0.25) is 9.78 Å². The van der Waals surface area contributed by atoms with Crippen LogP contribution in [0.25, 0.3) is 0 Å². The van der Waals surface area contributed by atoms with Crippen molar-refractivity contribution in [2.45, 2.75) is 38.1 Å². The summed E-state index contributed by atoms with van der Waals surface area (Å²) < 4.78 is 0. The number of halogens is 3. The highest BCUT2D eigenvalue weighted by Crippen LogP contribution is 2.32. The first-order valence-corrected chi connectivity index (χ1v) is 9.25. The summed E-state index contributed by atoms with van der Waals surface area (Å²) in [6.45, 7) is 4.19. The molecule has 0 aliphatic carbocycles. The molecule has 3 rings (SSSR count). The van der Waals surface area contributed by atoms with E-state index in [4.69, 9.17) is 5.73 Å². The predicted molar refractivity (Wildman–Crippen MR) is 117 cm³/mol. The third-order valence-electron chi connectivity index (χ3n) is 5.78. The molecule has 0 unspecified atom stereocenters.